The van der Waals surface area contributed by atoms with Crippen LogP contribution in [0.3, 0.4) is 0 Å². The molecule has 0 aliphatic carbocycles. The molecule has 0 spiro atoms. The molecule has 3 aromatic rings. The summed E-state index contributed by atoms with van der Waals surface area (Å²) in [6, 6.07) is 18.8. The summed E-state index contributed by atoms with van der Waals surface area (Å²) in [7, 11) is 0. The highest BCUT2D eigenvalue weighted by Gasteiger charge is 2.35. The molecular formula is C22H15ClN2O4. The highest BCUT2D eigenvalue weighted by molar-refractivity contribution is 6.33. The maximum atomic E-state index is 12.8. The number of imide groups is 2. The number of benzene rings is 2. The van der Waals surface area contributed by atoms with Crippen molar-refractivity contribution in [2.24, 2.45) is 0 Å². The van der Waals surface area contributed by atoms with Gasteiger partial charge in [0.25, 0.3) is 11.8 Å². The summed E-state index contributed by atoms with van der Waals surface area (Å²) in [5.41, 5.74) is 1.28. The Morgan fingerprint density at radius 3 is 2.41 bits per heavy atom. The molecule has 4 amide bonds. The van der Waals surface area contributed by atoms with Gasteiger partial charge >= 0.3 is 6.03 Å². The molecule has 6 nitrogen and oxygen atoms in total. The molecule has 0 radical (unpaired) electrons. The van der Waals surface area contributed by atoms with Crippen LogP contribution in [0.2, 0.25) is 5.02 Å². The summed E-state index contributed by atoms with van der Waals surface area (Å²) in [4.78, 5) is 38.2. The van der Waals surface area contributed by atoms with E-state index in [1.165, 1.54) is 6.08 Å². The van der Waals surface area contributed by atoms with Crippen molar-refractivity contribution in [3.05, 3.63) is 88.6 Å². The van der Waals surface area contributed by atoms with Gasteiger partial charge in [0.2, 0.25) is 0 Å². The predicted molar refractivity (Wildman–Crippen MR) is 108 cm³/mol. The quantitative estimate of drug-likeness (QED) is 0.518. The number of carbonyl (C=O) groups is 3. The Morgan fingerprint density at radius 1 is 0.931 bits per heavy atom. The van der Waals surface area contributed by atoms with Crippen LogP contribution < -0.4 is 5.32 Å². The van der Waals surface area contributed by atoms with E-state index in [-0.39, 0.29) is 12.1 Å². The summed E-state index contributed by atoms with van der Waals surface area (Å²) in [5.74, 6) is -0.644. The van der Waals surface area contributed by atoms with Crippen molar-refractivity contribution in [2.45, 2.75) is 6.54 Å². The van der Waals surface area contributed by atoms with Crippen LogP contribution in [0, 0.1) is 0 Å². The van der Waals surface area contributed by atoms with Crippen molar-refractivity contribution >= 4 is 35.5 Å². The minimum Gasteiger partial charge on any atom is -0.457 e. The van der Waals surface area contributed by atoms with Gasteiger partial charge in [0.15, 0.2) is 0 Å². The second-order valence-electron chi connectivity index (χ2n) is 6.38. The second-order valence-corrected chi connectivity index (χ2v) is 6.78. The van der Waals surface area contributed by atoms with Crippen LogP contribution in [-0.4, -0.2) is 22.7 Å². The fraction of sp³-hybridized carbons (Fsp3) is 0.0455. The molecule has 7 heteroatoms. The Morgan fingerprint density at radius 2 is 1.66 bits per heavy atom. The van der Waals surface area contributed by atoms with Crippen molar-refractivity contribution in [3.63, 3.8) is 0 Å². The standard InChI is InChI=1S/C22H15ClN2O4/c23-18-9-5-4-8-16(18)19-11-10-15(29-19)12-17-20(26)24-22(28)25(21(17)27)13-14-6-2-1-3-7-14/h1-12H,13H2,(H,24,26,28)/b17-12+. The Labute approximate surface area is 171 Å². The van der Waals surface area contributed by atoms with E-state index in [0.29, 0.717) is 22.1 Å². The van der Waals surface area contributed by atoms with Gasteiger partial charge in [0, 0.05) is 5.56 Å². The van der Waals surface area contributed by atoms with Gasteiger partial charge in [-0.25, -0.2) is 4.79 Å². The van der Waals surface area contributed by atoms with Gasteiger partial charge in [-0.3, -0.25) is 19.8 Å². The number of amides is 4. The molecule has 29 heavy (non-hydrogen) atoms. The molecule has 1 aliphatic rings. The Hall–Kier alpha value is -3.64. The molecule has 1 aromatic heterocycles. The third-order valence-corrected chi connectivity index (χ3v) is 4.75. The third kappa shape index (κ3) is 3.83. The maximum Gasteiger partial charge on any atom is 0.331 e. The molecule has 1 aliphatic heterocycles. The molecule has 1 N–H and O–H groups in total. The molecule has 0 atom stereocenters. The number of nitrogens with zero attached hydrogens (tertiary/aromatic N) is 1. The van der Waals surface area contributed by atoms with E-state index in [1.54, 1.807) is 42.5 Å². The van der Waals surface area contributed by atoms with Crippen LogP contribution in [0.25, 0.3) is 17.4 Å². The van der Waals surface area contributed by atoms with Gasteiger partial charge in [-0.15, -0.1) is 0 Å². The first-order valence-corrected chi connectivity index (χ1v) is 9.18. The third-order valence-electron chi connectivity index (χ3n) is 4.42. The summed E-state index contributed by atoms with van der Waals surface area (Å²) in [6.07, 6.45) is 1.32. The monoisotopic (exact) mass is 406 g/mol. The largest absolute Gasteiger partial charge is 0.457 e. The first-order chi connectivity index (χ1) is 14.0. The lowest BCUT2D eigenvalue weighted by molar-refractivity contribution is -0.130. The number of carbonyl (C=O) groups excluding carboxylic acids is 3. The summed E-state index contributed by atoms with van der Waals surface area (Å²) >= 11 is 6.18. The van der Waals surface area contributed by atoms with E-state index in [1.807, 2.05) is 24.3 Å². The molecule has 1 fully saturated rings. The smallest absolute Gasteiger partial charge is 0.331 e. The van der Waals surface area contributed by atoms with Gasteiger partial charge in [-0.05, 0) is 35.9 Å². The van der Waals surface area contributed by atoms with E-state index in [0.717, 1.165) is 10.5 Å². The zero-order valence-electron chi connectivity index (χ0n) is 15.1. The van der Waals surface area contributed by atoms with Gasteiger partial charge < -0.3 is 4.42 Å². The van der Waals surface area contributed by atoms with Gasteiger partial charge in [0.05, 0.1) is 11.6 Å². The highest BCUT2D eigenvalue weighted by atomic mass is 35.5. The number of barbiturate groups is 1. The molecule has 144 valence electrons. The Kier molecular flexibility index (Phi) is 5.01. The Balaban J connectivity index is 1.62. The highest BCUT2D eigenvalue weighted by Crippen LogP contribution is 2.30. The van der Waals surface area contributed by atoms with Gasteiger partial charge in [-0.1, -0.05) is 54.1 Å². The molecule has 2 aromatic carbocycles. The molecule has 1 saturated heterocycles. The summed E-state index contributed by atoms with van der Waals surface area (Å²) < 4.78 is 5.73. The average Bonchev–Trinajstić information content (AvgIpc) is 3.18. The zero-order chi connectivity index (χ0) is 20.4. The molecule has 0 saturated carbocycles. The SMILES string of the molecule is O=C1NC(=O)N(Cc2ccccc2)C(=O)/C1=C/c1ccc(-c2ccccc2Cl)o1. The van der Waals surface area contributed by atoms with Crippen LogP contribution in [0.5, 0.6) is 0 Å². The van der Waals surface area contributed by atoms with Gasteiger partial charge in [-0.2, -0.15) is 0 Å². The topological polar surface area (TPSA) is 79.6 Å². The van der Waals surface area contributed by atoms with Crippen LogP contribution in [0.4, 0.5) is 4.79 Å². The molecular weight excluding hydrogens is 392 g/mol. The van der Waals surface area contributed by atoms with Crippen LogP contribution in [0.15, 0.2) is 76.7 Å². The molecule has 0 unspecified atom stereocenters. The zero-order valence-corrected chi connectivity index (χ0v) is 15.8. The Bertz CT molecular complexity index is 1130. The maximum absolute atomic E-state index is 12.8. The summed E-state index contributed by atoms with van der Waals surface area (Å²) in [5, 5.41) is 2.71. The number of furan rings is 1. The first-order valence-electron chi connectivity index (χ1n) is 8.80. The normalized spacial score (nSPS) is 15.7. The minimum atomic E-state index is -0.764. The summed E-state index contributed by atoms with van der Waals surface area (Å²) in [6.45, 7) is 0.0547. The average molecular weight is 407 g/mol. The fourth-order valence-electron chi connectivity index (χ4n) is 2.98. The van der Waals surface area contributed by atoms with E-state index < -0.39 is 17.8 Å². The number of hydrogen-bond acceptors (Lipinski definition) is 4. The number of nitrogens with one attached hydrogen (secondary N) is 1. The lowest BCUT2D eigenvalue weighted by Crippen LogP contribution is -2.53. The fourth-order valence-corrected chi connectivity index (χ4v) is 3.21. The van der Waals surface area contributed by atoms with Crippen molar-refractivity contribution in [1.29, 1.82) is 0 Å². The van der Waals surface area contributed by atoms with E-state index in [2.05, 4.69) is 5.32 Å². The first kappa shape index (κ1) is 18.7. The lowest BCUT2D eigenvalue weighted by Gasteiger charge is -2.26. The second kappa shape index (κ2) is 7.77. The molecule has 0 bridgehead atoms. The lowest BCUT2D eigenvalue weighted by atomic mass is 10.1. The van der Waals surface area contributed by atoms with Crippen molar-refractivity contribution in [2.75, 3.05) is 0 Å². The number of hydrogen-bond donors (Lipinski definition) is 1. The van der Waals surface area contributed by atoms with E-state index >= 15 is 0 Å². The number of urea groups is 1. The van der Waals surface area contributed by atoms with Crippen molar-refractivity contribution in [3.8, 4) is 11.3 Å². The van der Waals surface area contributed by atoms with Crippen molar-refractivity contribution in [1.82, 2.24) is 10.2 Å². The van der Waals surface area contributed by atoms with Crippen LogP contribution in [0.1, 0.15) is 11.3 Å². The predicted octanol–water partition coefficient (Wildman–Crippen LogP) is 4.26. The van der Waals surface area contributed by atoms with E-state index in [4.69, 9.17) is 16.0 Å². The van der Waals surface area contributed by atoms with Crippen LogP contribution >= 0.6 is 11.6 Å². The van der Waals surface area contributed by atoms with E-state index in [9.17, 15) is 14.4 Å². The number of rotatable bonds is 4. The van der Waals surface area contributed by atoms with Gasteiger partial charge in [0.1, 0.15) is 17.1 Å². The minimum absolute atomic E-state index is 0.0547. The molecule has 2 heterocycles. The molecule has 4 rings (SSSR count). The number of halogens is 1. The van der Waals surface area contributed by atoms with Crippen molar-refractivity contribution < 1.29 is 18.8 Å². The van der Waals surface area contributed by atoms with Crippen LogP contribution in [-0.2, 0) is 16.1 Å².